The van der Waals surface area contributed by atoms with Gasteiger partial charge in [0.1, 0.15) is 6.04 Å². The van der Waals surface area contributed by atoms with Gasteiger partial charge in [0.15, 0.2) is 0 Å². The van der Waals surface area contributed by atoms with Crippen LogP contribution in [0.2, 0.25) is 0 Å². The van der Waals surface area contributed by atoms with Crippen LogP contribution in [0.25, 0.3) is 0 Å². The first-order valence-electron chi connectivity index (χ1n) is 7.39. The Morgan fingerprint density at radius 2 is 2.21 bits per heavy atom. The third-order valence-electron chi connectivity index (χ3n) is 4.58. The van der Waals surface area contributed by atoms with Gasteiger partial charge in [0, 0.05) is 13.1 Å². The molecule has 0 radical (unpaired) electrons. The van der Waals surface area contributed by atoms with Gasteiger partial charge in [-0.2, -0.15) is 0 Å². The molecule has 19 heavy (non-hydrogen) atoms. The second-order valence-corrected chi connectivity index (χ2v) is 5.82. The number of rotatable bonds is 4. The molecule has 1 saturated heterocycles. The number of hydrogen-bond donors (Lipinski definition) is 3. The van der Waals surface area contributed by atoms with Crippen molar-refractivity contribution in [2.75, 3.05) is 19.6 Å². The molecule has 1 aliphatic carbocycles. The van der Waals surface area contributed by atoms with Crippen molar-refractivity contribution in [1.29, 1.82) is 0 Å². The molecule has 0 bridgehead atoms. The highest BCUT2D eigenvalue weighted by Gasteiger charge is 2.50. The van der Waals surface area contributed by atoms with Crippen molar-refractivity contribution in [1.82, 2.24) is 16.0 Å². The van der Waals surface area contributed by atoms with E-state index in [1.165, 1.54) is 6.42 Å². The first kappa shape index (κ1) is 14.3. The largest absolute Gasteiger partial charge is 0.355 e. The van der Waals surface area contributed by atoms with E-state index in [-0.39, 0.29) is 17.2 Å². The highest BCUT2D eigenvalue weighted by molar-refractivity contribution is 5.90. The first-order valence-corrected chi connectivity index (χ1v) is 7.39. The standard InChI is InChI=1S/C14H25N3O2/c1-3-16-12(18)10(2)17-13(19)14-7-5-4-6-11(14)8-15-9-14/h10-11,15H,3-9H2,1-2H3,(H,16,18)(H,17,19)/t10?,11-,14+/m0/s1. The molecule has 1 heterocycles. The maximum atomic E-state index is 12.6. The van der Waals surface area contributed by atoms with E-state index in [1.54, 1.807) is 6.92 Å². The molecule has 0 aromatic rings. The Labute approximate surface area is 114 Å². The summed E-state index contributed by atoms with van der Waals surface area (Å²) in [7, 11) is 0. The maximum Gasteiger partial charge on any atom is 0.242 e. The molecule has 1 unspecified atom stereocenters. The Balaban J connectivity index is 2.00. The van der Waals surface area contributed by atoms with E-state index in [0.29, 0.717) is 12.5 Å². The summed E-state index contributed by atoms with van der Waals surface area (Å²) in [6, 6.07) is -0.454. The molecule has 0 aromatic heterocycles. The fourth-order valence-corrected chi connectivity index (χ4v) is 3.42. The van der Waals surface area contributed by atoms with Crippen LogP contribution in [0.5, 0.6) is 0 Å². The molecule has 3 atom stereocenters. The van der Waals surface area contributed by atoms with Gasteiger partial charge in [0.25, 0.3) is 0 Å². The van der Waals surface area contributed by atoms with Crippen molar-refractivity contribution >= 4 is 11.8 Å². The van der Waals surface area contributed by atoms with Crippen molar-refractivity contribution in [2.45, 2.75) is 45.6 Å². The fraction of sp³-hybridized carbons (Fsp3) is 0.857. The van der Waals surface area contributed by atoms with Gasteiger partial charge < -0.3 is 16.0 Å². The molecule has 2 rings (SSSR count). The van der Waals surface area contributed by atoms with Gasteiger partial charge in [-0.1, -0.05) is 12.8 Å². The lowest BCUT2D eigenvalue weighted by atomic mass is 9.67. The molecule has 0 spiro atoms. The van der Waals surface area contributed by atoms with E-state index in [1.807, 2.05) is 6.92 Å². The molecule has 108 valence electrons. The minimum atomic E-state index is -0.454. The lowest BCUT2D eigenvalue weighted by Crippen LogP contribution is -2.53. The summed E-state index contributed by atoms with van der Waals surface area (Å²) >= 11 is 0. The minimum Gasteiger partial charge on any atom is -0.355 e. The van der Waals surface area contributed by atoms with Crippen LogP contribution < -0.4 is 16.0 Å². The van der Waals surface area contributed by atoms with Crippen LogP contribution in [0.3, 0.4) is 0 Å². The zero-order chi connectivity index (χ0) is 13.9. The number of fused-ring (bicyclic) bond motifs is 1. The van der Waals surface area contributed by atoms with E-state index in [4.69, 9.17) is 0 Å². The van der Waals surface area contributed by atoms with Crippen molar-refractivity contribution in [3.8, 4) is 0 Å². The second-order valence-electron chi connectivity index (χ2n) is 5.82. The van der Waals surface area contributed by atoms with Crippen molar-refractivity contribution in [2.24, 2.45) is 11.3 Å². The lowest BCUT2D eigenvalue weighted by molar-refractivity contribution is -0.137. The van der Waals surface area contributed by atoms with E-state index in [2.05, 4.69) is 16.0 Å². The summed E-state index contributed by atoms with van der Waals surface area (Å²) in [5.74, 6) is 0.384. The summed E-state index contributed by atoms with van der Waals surface area (Å²) in [5, 5.41) is 9.00. The van der Waals surface area contributed by atoms with E-state index in [9.17, 15) is 9.59 Å². The quantitative estimate of drug-likeness (QED) is 0.691. The molecular formula is C14H25N3O2. The molecule has 1 saturated carbocycles. The Kier molecular flexibility index (Phi) is 4.45. The average Bonchev–Trinajstić information content (AvgIpc) is 2.83. The SMILES string of the molecule is CCNC(=O)C(C)NC(=O)[C@@]12CCCC[C@H]1CNC2. The average molecular weight is 267 g/mol. The zero-order valence-electron chi connectivity index (χ0n) is 11.9. The van der Waals surface area contributed by atoms with Crippen LogP contribution in [-0.4, -0.2) is 37.5 Å². The predicted octanol–water partition coefficient (Wildman–Crippen LogP) is 0.407. The molecule has 1 aliphatic heterocycles. The Morgan fingerprint density at radius 1 is 1.42 bits per heavy atom. The predicted molar refractivity (Wildman–Crippen MR) is 73.5 cm³/mol. The molecule has 2 aliphatic rings. The third kappa shape index (κ3) is 2.76. The topological polar surface area (TPSA) is 70.2 Å². The van der Waals surface area contributed by atoms with Crippen LogP contribution in [0.15, 0.2) is 0 Å². The summed E-state index contributed by atoms with van der Waals surface area (Å²) in [6.45, 7) is 5.91. The molecule has 3 N–H and O–H groups in total. The lowest BCUT2D eigenvalue weighted by Gasteiger charge is -2.37. The van der Waals surface area contributed by atoms with Crippen molar-refractivity contribution in [3.63, 3.8) is 0 Å². The van der Waals surface area contributed by atoms with Crippen LogP contribution >= 0.6 is 0 Å². The minimum absolute atomic E-state index is 0.0564. The number of amides is 2. The van der Waals surface area contributed by atoms with Crippen molar-refractivity contribution < 1.29 is 9.59 Å². The highest BCUT2D eigenvalue weighted by Crippen LogP contribution is 2.43. The number of carbonyl (C=O) groups excluding carboxylic acids is 2. The summed E-state index contributed by atoms with van der Waals surface area (Å²) in [6.07, 6.45) is 4.39. The number of likely N-dealkylation sites (N-methyl/N-ethyl adjacent to an activating group) is 1. The summed E-state index contributed by atoms with van der Waals surface area (Å²) in [5.41, 5.74) is -0.279. The highest BCUT2D eigenvalue weighted by atomic mass is 16.2. The number of nitrogens with one attached hydrogen (secondary N) is 3. The van der Waals surface area contributed by atoms with Gasteiger partial charge in [-0.15, -0.1) is 0 Å². The third-order valence-corrected chi connectivity index (χ3v) is 4.58. The van der Waals surface area contributed by atoms with E-state index >= 15 is 0 Å². The second kappa shape index (κ2) is 5.90. The Morgan fingerprint density at radius 3 is 2.95 bits per heavy atom. The zero-order valence-corrected chi connectivity index (χ0v) is 11.9. The van der Waals surface area contributed by atoms with E-state index < -0.39 is 6.04 Å². The molecular weight excluding hydrogens is 242 g/mol. The molecule has 5 nitrogen and oxygen atoms in total. The van der Waals surface area contributed by atoms with Crippen LogP contribution in [0, 0.1) is 11.3 Å². The normalized spacial score (nSPS) is 31.4. The summed E-state index contributed by atoms with van der Waals surface area (Å²) in [4.78, 5) is 24.3. The monoisotopic (exact) mass is 267 g/mol. The van der Waals surface area contributed by atoms with Gasteiger partial charge in [-0.25, -0.2) is 0 Å². The van der Waals surface area contributed by atoms with Crippen LogP contribution in [0.1, 0.15) is 39.5 Å². The van der Waals surface area contributed by atoms with Crippen LogP contribution in [-0.2, 0) is 9.59 Å². The van der Waals surface area contributed by atoms with Gasteiger partial charge in [0.2, 0.25) is 11.8 Å². The smallest absolute Gasteiger partial charge is 0.242 e. The van der Waals surface area contributed by atoms with Gasteiger partial charge in [-0.3, -0.25) is 9.59 Å². The number of carbonyl (C=O) groups is 2. The molecule has 5 heteroatoms. The van der Waals surface area contributed by atoms with E-state index in [0.717, 1.165) is 32.4 Å². The maximum absolute atomic E-state index is 12.6. The molecule has 2 amide bonds. The Hall–Kier alpha value is -1.10. The molecule has 0 aromatic carbocycles. The van der Waals surface area contributed by atoms with Gasteiger partial charge in [0.05, 0.1) is 5.41 Å². The summed E-state index contributed by atoms with van der Waals surface area (Å²) < 4.78 is 0. The Bertz CT molecular complexity index is 359. The molecule has 2 fully saturated rings. The first-order chi connectivity index (χ1) is 9.10. The fourth-order valence-electron chi connectivity index (χ4n) is 3.42. The number of hydrogen-bond acceptors (Lipinski definition) is 3. The van der Waals surface area contributed by atoms with Crippen molar-refractivity contribution in [3.05, 3.63) is 0 Å². The van der Waals surface area contributed by atoms with Crippen LogP contribution in [0.4, 0.5) is 0 Å². The van der Waals surface area contributed by atoms with Gasteiger partial charge in [-0.05, 0) is 39.2 Å². The van der Waals surface area contributed by atoms with Gasteiger partial charge >= 0.3 is 0 Å².